The zero-order valence-corrected chi connectivity index (χ0v) is 9.69. The maximum absolute atomic E-state index is 12.5. The van der Waals surface area contributed by atoms with Gasteiger partial charge in [0.15, 0.2) is 0 Å². The smallest absolute Gasteiger partial charge is 0.195 e. The van der Waals surface area contributed by atoms with Crippen LogP contribution in [0.25, 0.3) is 0 Å². The Kier molecular flexibility index (Phi) is 5.28. The molecule has 0 saturated carbocycles. The lowest BCUT2D eigenvalue weighted by Crippen LogP contribution is -2.50. The fourth-order valence-electron chi connectivity index (χ4n) is 0.360. The third kappa shape index (κ3) is 4.87. The standard InChI is InChI=1S/C4H2F9NS3/c5-1(6,2(7,8)15)3(9,10)16-14-17-4(11,12)13/h14-15H. The first-order chi connectivity index (χ1) is 7.21. The van der Waals surface area contributed by atoms with Crippen molar-refractivity contribution in [1.82, 2.24) is 4.13 Å². The first kappa shape index (κ1) is 17.4. The molecule has 17 heavy (non-hydrogen) atoms. The van der Waals surface area contributed by atoms with Crippen molar-refractivity contribution in [3.63, 3.8) is 0 Å². The van der Waals surface area contributed by atoms with E-state index in [9.17, 15) is 39.5 Å². The minimum Gasteiger partial charge on any atom is -0.195 e. The summed E-state index contributed by atoms with van der Waals surface area (Å²) in [5.41, 5.74) is -5.03. The molecule has 0 aromatic carbocycles. The highest BCUT2D eigenvalue weighted by Gasteiger charge is 2.71. The summed E-state index contributed by atoms with van der Waals surface area (Å²) < 4.78 is 109. The Hall–Kier alpha value is 0.380. The van der Waals surface area contributed by atoms with Crippen LogP contribution in [0, 0.1) is 0 Å². The SMILES string of the molecule is FC(F)(F)SNSC(F)(F)C(F)(F)C(F)(F)S. The van der Waals surface area contributed by atoms with Crippen molar-refractivity contribution in [2.45, 2.75) is 21.9 Å². The summed E-state index contributed by atoms with van der Waals surface area (Å²) in [6.45, 7) is 0. The predicted octanol–water partition coefficient (Wildman–Crippen LogP) is 4.14. The first-order valence-electron chi connectivity index (χ1n) is 3.24. The van der Waals surface area contributed by atoms with Crippen molar-refractivity contribution >= 4 is 36.5 Å². The number of hydrogen-bond donors (Lipinski definition) is 2. The van der Waals surface area contributed by atoms with Crippen molar-refractivity contribution in [1.29, 1.82) is 0 Å². The van der Waals surface area contributed by atoms with Crippen LogP contribution in [0.4, 0.5) is 39.5 Å². The third-order valence-electron chi connectivity index (χ3n) is 1.07. The van der Waals surface area contributed by atoms with Gasteiger partial charge in [-0.2, -0.15) is 43.6 Å². The molecule has 104 valence electrons. The summed E-state index contributed by atoms with van der Waals surface area (Å²) >= 11 is -0.789. The molecule has 0 bridgehead atoms. The molecule has 1 nitrogen and oxygen atoms in total. The second-order valence-electron chi connectivity index (χ2n) is 2.37. The summed E-state index contributed by atoms with van der Waals surface area (Å²) in [5, 5.41) is -10.9. The lowest BCUT2D eigenvalue weighted by Gasteiger charge is -2.29. The average molecular weight is 331 g/mol. The van der Waals surface area contributed by atoms with Gasteiger partial charge in [0.2, 0.25) is 0 Å². The summed E-state index contributed by atoms with van der Waals surface area (Å²) in [6.07, 6.45) is 0. The van der Waals surface area contributed by atoms with Crippen LogP contribution in [0.2, 0.25) is 0 Å². The average Bonchev–Trinajstić information content (AvgIpc) is 1.98. The maximum atomic E-state index is 12.5. The Morgan fingerprint density at radius 1 is 0.765 bits per heavy atom. The van der Waals surface area contributed by atoms with Crippen LogP contribution < -0.4 is 4.13 Å². The number of rotatable bonds is 5. The van der Waals surface area contributed by atoms with E-state index in [4.69, 9.17) is 0 Å². The Morgan fingerprint density at radius 2 is 1.18 bits per heavy atom. The molecule has 0 aliphatic carbocycles. The second-order valence-corrected chi connectivity index (χ2v) is 4.98. The third-order valence-corrected chi connectivity index (χ3v) is 2.76. The highest BCUT2D eigenvalue weighted by atomic mass is 32.2. The lowest BCUT2D eigenvalue weighted by molar-refractivity contribution is -0.236. The zero-order valence-electron chi connectivity index (χ0n) is 7.17. The largest absolute Gasteiger partial charge is 0.456 e. The van der Waals surface area contributed by atoms with Gasteiger partial charge in [-0.3, -0.25) is 0 Å². The normalized spacial score (nSPS) is 15.2. The van der Waals surface area contributed by atoms with Gasteiger partial charge in [0, 0.05) is 23.9 Å². The van der Waals surface area contributed by atoms with Crippen molar-refractivity contribution < 1.29 is 39.5 Å². The van der Waals surface area contributed by atoms with Crippen LogP contribution in [0.1, 0.15) is 0 Å². The highest BCUT2D eigenvalue weighted by molar-refractivity contribution is 8.13. The fourth-order valence-corrected chi connectivity index (χ4v) is 1.80. The van der Waals surface area contributed by atoms with Gasteiger partial charge in [0.1, 0.15) is 0 Å². The monoisotopic (exact) mass is 331 g/mol. The number of thiol groups is 1. The Labute approximate surface area is 103 Å². The molecular weight excluding hydrogens is 329 g/mol. The van der Waals surface area contributed by atoms with Gasteiger partial charge in [-0.05, 0) is 0 Å². The first-order valence-corrected chi connectivity index (χ1v) is 5.32. The summed E-state index contributed by atoms with van der Waals surface area (Å²) in [6, 6.07) is 0. The van der Waals surface area contributed by atoms with E-state index in [1.165, 1.54) is 0 Å². The van der Waals surface area contributed by atoms with Gasteiger partial charge < -0.3 is 0 Å². The molecule has 0 aliphatic heterocycles. The van der Waals surface area contributed by atoms with Gasteiger partial charge in [0.25, 0.3) is 0 Å². The molecular formula is C4H2F9NS3. The topological polar surface area (TPSA) is 12.0 Å². The van der Waals surface area contributed by atoms with Crippen molar-refractivity contribution in [2.24, 2.45) is 0 Å². The van der Waals surface area contributed by atoms with Crippen molar-refractivity contribution in [2.75, 3.05) is 0 Å². The van der Waals surface area contributed by atoms with Crippen LogP contribution in [-0.2, 0) is 0 Å². The highest BCUT2D eigenvalue weighted by Crippen LogP contribution is 2.52. The van der Waals surface area contributed by atoms with E-state index >= 15 is 0 Å². The zero-order chi connectivity index (χ0) is 14.1. The molecule has 0 spiro atoms. The van der Waals surface area contributed by atoms with E-state index in [0.717, 1.165) is 4.13 Å². The molecule has 0 heterocycles. The molecule has 0 aromatic rings. The van der Waals surface area contributed by atoms with E-state index < -0.39 is 45.8 Å². The Balaban J connectivity index is 4.58. The van der Waals surface area contributed by atoms with E-state index in [0.29, 0.717) is 0 Å². The molecule has 0 saturated heterocycles. The summed E-state index contributed by atoms with van der Waals surface area (Å²) in [7, 11) is 0. The number of hydrogen-bond acceptors (Lipinski definition) is 4. The molecule has 1 N–H and O–H groups in total. The van der Waals surface area contributed by atoms with Crippen molar-refractivity contribution in [3.8, 4) is 0 Å². The van der Waals surface area contributed by atoms with Crippen LogP contribution >= 0.6 is 36.5 Å². The van der Waals surface area contributed by atoms with Crippen LogP contribution in [-0.4, -0.2) is 21.9 Å². The number of alkyl halides is 9. The van der Waals surface area contributed by atoms with E-state index in [-0.39, 0.29) is 0 Å². The Bertz CT molecular complexity index is 258. The van der Waals surface area contributed by atoms with E-state index in [1.807, 2.05) is 12.6 Å². The van der Waals surface area contributed by atoms with Gasteiger partial charge in [-0.15, -0.1) is 0 Å². The number of halogens is 9. The molecule has 0 aliphatic rings. The van der Waals surface area contributed by atoms with Crippen LogP contribution in [0.3, 0.4) is 0 Å². The Morgan fingerprint density at radius 3 is 1.47 bits per heavy atom. The van der Waals surface area contributed by atoms with E-state index in [2.05, 4.69) is 0 Å². The predicted molar refractivity (Wildman–Crippen MR) is 48.2 cm³/mol. The summed E-state index contributed by atoms with van der Waals surface area (Å²) in [5.74, 6) is -5.92. The van der Waals surface area contributed by atoms with Crippen molar-refractivity contribution in [3.05, 3.63) is 0 Å². The molecule has 0 radical (unpaired) electrons. The van der Waals surface area contributed by atoms with Gasteiger partial charge >= 0.3 is 21.9 Å². The molecule has 0 fully saturated rings. The molecule has 0 amide bonds. The maximum Gasteiger partial charge on any atom is 0.456 e. The second kappa shape index (κ2) is 5.17. The van der Waals surface area contributed by atoms with Gasteiger partial charge in [-0.1, -0.05) is 12.6 Å². The van der Waals surface area contributed by atoms with Crippen LogP contribution in [0.15, 0.2) is 0 Å². The fraction of sp³-hybridized carbons (Fsp3) is 1.00. The van der Waals surface area contributed by atoms with Gasteiger partial charge in [-0.25, -0.2) is 0 Å². The number of nitrogens with one attached hydrogen (secondary N) is 1. The lowest BCUT2D eigenvalue weighted by atomic mass is 10.3. The van der Waals surface area contributed by atoms with E-state index in [1.54, 1.807) is 0 Å². The molecule has 0 atom stereocenters. The molecule has 0 unspecified atom stereocenters. The molecule has 13 heteroatoms. The molecule has 0 aromatic heterocycles. The van der Waals surface area contributed by atoms with Crippen LogP contribution in [0.5, 0.6) is 0 Å². The minimum atomic E-state index is -5.92. The summed E-state index contributed by atoms with van der Waals surface area (Å²) in [4.78, 5) is 0. The minimum absolute atomic E-state index is 0.755. The quantitative estimate of drug-likeness (QED) is 0.446. The van der Waals surface area contributed by atoms with Gasteiger partial charge in [0.05, 0.1) is 0 Å². The molecule has 0 rings (SSSR count).